The number of carbonyl (C=O) groups excluding carboxylic acids is 2. The maximum Gasteiger partial charge on any atom is 0.416 e. The van der Waals surface area contributed by atoms with Crippen molar-refractivity contribution in [2.45, 2.75) is 70.0 Å². The third kappa shape index (κ3) is 7.59. The second-order valence-corrected chi connectivity index (χ2v) is 10.9. The van der Waals surface area contributed by atoms with Gasteiger partial charge in [-0.05, 0) is 87.0 Å². The molecule has 4 fully saturated rings. The van der Waals surface area contributed by atoms with E-state index in [2.05, 4.69) is 26.1 Å². The zero-order valence-electron chi connectivity index (χ0n) is 22.0. The molecule has 0 radical (unpaired) electrons. The Morgan fingerprint density at radius 3 is 2.00 bits per heavy atom. The van der Waals surface area contributed by atoms with Crippen LogP contribution in [-0.2, 0) is 27.6 Å². The molecule has 3 aliphatic heterocycles. The smallest absolute Gasteiger partial charge is 0.368 e. The van der Waals surface area contributed by atoms with Crippen molar-refractivity contribution in [1.82, 2.24) is 10.2 Å². The molecule has 1 aliphatic carbocycles. The molecule has 3 heterocycles. The van der Waals surface area contributed by atoms with Crippen molar-refractivity contribution in [2.75, 3.05) is 19.6 Å². The van der Waals surface area contributed by atoms with Crippen LogP contribution in [0.15, 0.2) is 53.0 Å². The Labute approximate surface area is 231 Å². The predicted octanol–water partition coefficient (Wildman–Crippen LogP) is 5.84. The van der Waals surface area contributed by atoms with Crippen molar-refractivity contribution in [2.24, 2.45) is 11.7 Å². The molecule has 5 nitrogen and oxygen atoms in total. The average Bonchev–Trinajstić information content (AvgIpc) is 3.74. The van der Waals surface area contributed by atoms with Crippen LogP contribution < -0.4 is 11.1 Å². The molecule has 1 atom stereocenters. The van der Waals surface area contributed by atoms with Gasteiger partial charge in [-0.2, -0.15) is 13.2 Å². The second-order valence-electron chi connectivity index (χ2n) is 9.96. The molecule has 3 N–H and O–H groups in total. The quantitative estimate of drug-likeness (QED) is 0.440. The minimum atomic E-state index is -4.56. The highest BCUT2D eigenvalue weighted by Crippen LogP contribution is 2.52. The van der Waals surface area contributed by atoms with Crippen molar-refractivity contribution in [3.8, 4) is 0 Å². The number of piperidine rings is 3. The summed E-state index contributed by atoms with van der Waals surface area (Å²) in [6, 6.07) is 11.2. The highest BCUT2D eigenvalue weighted by Gasteiger charge is 2.55. The molecule has 0 aromatic heterocycles. The number of nitrogens with one attached hydrogen (secondary N) is 1. The Balaban J connectivity index is 0.000000333. The van der Waals surface area contributed by atoms with Gasteiger partial charge in [-0.3, -0.25) is 9.59 Å². The number of alkyl halides is 3. The summed E-state index contributed by atoms with van der Waals surface area (Å²) in [5.74, 6) is -0.235. The van der Waals surface area contributed by atoms with E-state index in [1.807, 2.05) is 13.8 Å². The number of hydrogen-bond donors (Lipinski definition) is 2. The first-order chi connectivity index (χ1) is 18.1. The summed E-state index contributed by atoms with van der Waals surface area (Å²) >= 11 is 3.31. The summed E-state index contributed by atoms with van der Waals surface area (Å²) in [4.78, 5) is 27.3. The van der Waals surface area contributed by atoms with Crippen LogP contribution in [0.5, 0.6) is 0 Å². The van der Waals surface area contributed by atoms with Gasteiger partial charge in [0.05, 0.1) is 11.0 Å². The number of hydrogen-bond acceptors (Lipinski definition) is 3. The van der Waals surface area contributed by atoms with E-state index >= 15 is 0 Å². The molecular weight excluding hydrogens is 559 g/mol. The van der Waals surface area contributed by atoms with Crippen LogP contribution in [0.2, 0.25) is 0 Å². The zero-order chi connectivity index (χ0) is 27.9. The number of rotatable bonds is 6. The van der Waals surface area contributed by atoms with E-state index in [-0.39, 0.29) is 24.8 Å². The minimum absolute atomic E-state index is 0.0631. The molecule has 6 rings (SSSR count). The second kappa shape index (κ2) is 13.1. The van der Waals surface area contributed by atoms with Crippen LogP contribution in [0.3, 0.4) is 0 Å². The van der Waals surface area contributed by atoms with Crippen LogP contribution in [-0.4, -0.2) is 42.4 Å². The third-order valence-corrected chi connectivity index (χ3v) is 8.02. The van der Waals surface area contributed by atoms with Crippen LogP contribution >= 0.6 is 15.9 Å². The van der Waals surface area contributed by atoms with Crippen molar-refractivity contribution in [3.63, 3.8) is 0 Å². The van der Waals surface area contributed by atoms with E-state index in [0.29, 0.717) is 0 Å². The molecular formula is C29H37BrF3N3O2. The Morgan fingerprint density at radius 1 is 1.03 bits per heavy atom. The van der Waals surface area contributed by atoms with E-state index in [9.17, 15) is 22.8 Å². The standard InChI is InChI=1S/C20H18BrF3N2O2.C7H13N.C2H6/c21-13-7-5-12(6-8-13)11-16(17(25)27)26-18(28)19(9-10-19)14-3-1-2-4-15(14)20(22,23)24;1-4-8-5-2-7(1)3-6-8;1-2/h1-8,16H,9-11H2,(H2,25,27)(H,26,28);7H,1-6H2;1-2H3/t16-;;/m0../s1. The van der Waals surface area contributed by atoms with Crippen molar-refractivity contribution in [1.29, 1.82) is 0 Å². The molecule has 38 heavy (non-hydrogen) atoms. The van der Waals surface area contributed by atoms with Crippen molar-refractivity contribution in [3.05, 3.63) is 69.7 Å². The van der Waals surface area contributed by atoms with E-state index in [1.54, 1.807) is 24.3 Å². The number of carbonyl (C=O) groups is 2. The summed E-state index contributed by atoms with van der Waals surface area (Å²) in [7, 11) is 0. The maximum atomic E-state index is 13.4. The van der Waals surface area contributed by atoms with Gasteiger partial charge in [0, 0.05) is 10.9 Å². The number of amides is 2. The minimum Gasteiger partial charge on any atom is -0.368 e. The zero-order valence-corrected chi connectivity index (χ0v) is 23.6. The number of nitrogens with two attached hydrogens (primary N) is 1. The number of benzene rings is 2. The first kappa shape index (κ1) is 30.2. The lowest BCUT2D eigenvalue weighted by Gasteiger charge is -2.38. The largest absolute Gasteiger partial charge is 0.416 e. The number of fused-ring (bicyclic) bond motifs is 3. The van der Waals surface area contributed by atoms with Crippen LogP contribution in [0.4, 0.5) is 13.2 Å². The van der Waals surface area contributed by atoms with Crippen LogP contribution in [0, 0.1) is 5.92 Å². The Morgan fingerprint density at radius 2 is 1.58 bits per heavy atom. The predicted molar refractivity (Wildman–Crippen MR) is 146 cm³/mol. The summed E-state index contributed by atoms with van der Waals surface area (Å²) in [5.41, 5.74) is 4.02. The maximum absolute atomic E-state index is 13.4. The van der Waals surface area contributed by atoms with Crippen molar-refractivity contribution < 1.29 is 22.8 Å². The summed E-state index contributed by atoms with van der Waals surface area (Å²) in [5, 5.41) is 2.57. The fourth-order valence-corrected chi connectivity index (χ4v) is 5.39. The van der Waals surface area contributed by atoms with Crippen LogP contribution in [0.25, 0.3) is 0 Å². The summed E-state index contributed by atoms with van der Waals surface area (Å²) in [6.07, 6.45) is 0.629. The lowest BCUT2D eigenvalue weighted by Crippen LogP contribution is -2.49. The molecule has 2 amide bonds. The Hall–Kier alpha value is -2.39. The number of primary amides is 1. The molecule has 2 aromatic carbocycles. The van der Waals surface area contributed by atoms with Gasteiger partial charge in [0.1, 0.15) is 6.04 Å². The summed E-state index contributed by atoms with van der Waals surface area (Å²) < 4.78 is 41.0. The monoisotopic (exact) mass is 595 g/mol. The third-order valence-electron chi connectivity index (χ3n) is 7.50. The lowest BCUT2D eigenvalue weighted by molar-refractivity contribution is -0.139. The molecule has 2 bridgehead atoms. The van der Waals surface area contributed by atoms with Gasteiger partial charge in [-0.1, -0.05) is 60.1 Å². The number of nitrogens with zero attached hydrogens (tertiary/aromatic N) is 1. The van der Waals surface area contributed by atoms with Crippen LogP contribution in [0.1, 0.15) is 62.6 Å². The molecule has 9 heteroatoms. The fourth-order valence-electron chi connectivity index (χ4n) is 5.13. The first-order valence-corrected chi connectivity index (χ1v) is 14.1. The molecule has 0 unspecified atom stereocenters. The molecule has 3 saturated heterocycles. The van der Waals surface area contributed by atoms with E-state index < -0.39 is 35.0 Å². The average molecular weight is 597 g/mol. The highest BCUT2D eigenvalue weighted by molar-refractivity contribution is 9.10. The van der Waals surface area contributed by atoms with E-state index in [4.69, 9.17) is 5.73 Å². The Bertz CT molecular complexity index is 1060. The van der Waals surface area contributed by atoms with Gasteiger partial charge >= 0.3 is 6.18 Å². The molecule has 2 aromatic rings. The van der Waals surface area contributed by atoms with Gasteiger partial charge in [0.15, 0.2) is 0 Å². The molecule has 208 valence electrons. The molecule has 4 aliphatic rings. The van der Waals surface area contributed by atoms with Gasteiger partial charge in [0.2, 0.25) is 11.8 Å². The Kier molecular flexibility index (Phi) is 10.4. The van der Waals surface area contributed by atoms with E-state index in [1.165, 1.54) is 57.1 Å². The molecule has 0 spiro atoms. The van der Waals surface area contributed by atoms with Gasteiger partial charge in [0.25, 0.3) is 0 Å². The summed E-state index contributed by atoms with van der Waals surface area (Å²) in [6.45, 7) is 8.18. The molecule has 1 saturated carbocycles. The first-order valence-electron chi connectivity index (χ1n) is 13.3. The topological polar surface area (TPSA) is 75.4 Å². The lowest BCUT2D eigenvalue weighted by atomic mass is 9.89. The highest BCUT2D eigenvalue weighted by atomic mass is 79.9. The number of halogens is 4. The SMILES string of the molecule is C1CN2CCC1CC2.CC.NC(=O)[C@H](Cc1ccc(Br)cc1)NC(=O)C1(c2ccccc2C(F)(F)F)CC1. The normalized spacial score (nSPS) is 21.6. The van der Waals surface area contributed by atoms with Gasteiger partial charge in [-0.15, -0.1) is 0 Å². The van der Waals surface area contributed by atoms with E-state index in [0.717, 1.165) is 22.0 Å². The van der Waals surface area contributed by atoms with Gasteiger partial charge < -0.3 is 16.0 Å². The fraction of sp³-hybridized carbons (Fsp3) is 0.517. The van der Waals surface area contributed by atoms with Crippen molar-refractivity contribution >= 4 is 27.7 Å². The van der Waals surface area contributed by atoms with Gasteiger partial charge in [-0.25, -0.2) is 0 Å².